The third-order valence-electron chi connectivity index (χ3n) is 4.77. The Morgan fingerprint density at radius 1 is 1.57 bits per heavy atom. The van der Waals surface area contributed by atoms with Crippen LogP contribution in [0.4, 0.5) is 0 Å². The molecule has 3 rings (SSSR count). The van der Waals surface area contributed by atoms with Gasteiger partial charge in [0.25, 0.3) is 0 Å². The maximum Gasteiger partial charge on any atom is 0.224 e. The van der Waals surface area contributed by atoms with Gasteiger partial charge in [0.15, 0.2) is 0 Å². The molecule has 6 heteroatoms. The number of carbonyl (C=O) groups is 1. The van der Waals surface area contributed by atoms with E-state index in [-0.39, 0.29) is 11.3 Å². The maximum atomic E-state index is 12.2. The molecular weight excluding hydrogens is 296 g/mol. The summed E-state index contributed by atoms with van der Waals surface area (Å²) in [6, 6.07) is 3.91. The van der Waals surface area contributed by atoms with Crippen LogP contribution in [-0.4, -0.2) is 62.4 Å². The number of hydrogen-bond acceptors (Lipinski definition) is 5. The molecule has 1 aromatic rings. The van der Waals surface area contributed by atoms with Gasteiger partial charge in [-0.2, -0.15) is 0 Å². The quantitative estimate of drug-likeness (QED) is 0.753. The molecule has 23 heavy (non-hydrogen) atoms. The highest BCUT2D eigenvalue weighted by molar-refractivity contribution is 5.76. The molecule has 6 nitrogen and oxygen atoms in total. The van der Waals surface area contributed by atoms with Crippen LogP contribution in [0.2, 0.25) is 0 Å². The number of aromatic nitrogens is 1. The van der Waals surface area contributed by atoms with E-state index in [1.165, 1.54) is 0 Å². The van der Waals surface area contributed by atoms with Gasteiger partial charge in [-0.1, -0.05) is 6.07 Å². The number of pyridine rings is 1. The molecule has 1 amide bonds. The van der Waals surface area contributed by atoms with Gasteiger partial charge in [-0.05, 0) is 11.6 Å². The van der Waals surface area contributed by atoms with Gasteiger partial charge in [0.05, 0.1) is 39.5 Å². The zero-order valence-electron chi connectivity index (χ0n) is 13.6. The van der Waals surface area contributed by atoms with Gasteiger partial charge < -0.3 is 19.1 Å². The standard InChI is InChI=1S/C17H24N2O4/c1-21-6-4-16(20)19-8-15-10-23-13-17(15,11-19)12-22-9-14-3-2-5-18-7-14/h2-3,5,7,15H,4,6,8-13H2,1H3/t15-,17-/m0/s1. The summed E-state index contributed by atoms with van der Waals surface area (Å²) in [5.74, 6) is 0.524. The fourth-order valence-electron chi connectivity index (χ4n) is 3.43. The van der Waals surface area contributed by atoms with Crippen molar-refractivity contribution in [2.45, 2.75) is 13.0 Å². The fourth-order valence-corrected chi connectivity index (χ4v) is 3.43. The van der Waals surface area contributed by atoms with E-state index in [1.807, 2.05) is 23.2 Å². The van der Waals surface area contributed by atoms with Crippen LogP contribution < -0.4 is 0 Å². The van der Waals surface area contributed by atoms with Crippen LogP contribution in [-0.2, 0) is 25.6 Å². The Kier molecular flexibility index (Phi) is 5.25. The zero-order chi connectivity index (χ0) is 16.1. The second kappa shape index (κ2) is 7.38. The van der Waals surface area contributed by atoms with Crippen molar-refractivity contribution in [1.82, 2.24) is 9.88 Å². The van der Waals surface area contributed by atoms with Crippen molar-refractivity contribution in [3.8, 4) is 0 Å². The Balaban J connectivity index is 1.55. The lowest BCUT2D eigenvalue weighted by atomic mass is 9.82. The fraction of sp³-hybridized carbons (Fsp3) is 0.647. The molecule has 2 aliphatic heterocycles. The van der Waals surface area contributed by atoms with Crippen molar-refractivity contribution >= 4 is 5.91 Å². The van der Waals surface area contributed by atoms with Gasteiger partial charge in [0.1, 0.15) is 0 Å². The second-order valence-electron chi connectivity index (χ2n) is 6.45. The predicted molar refractivity (Wildman–Crippen MR) is 83.7 cm³/mol. The Hall–Kier alpha value is -1.50. The average Bonchev–Trinajstić information content (AvgIpc) is 3.10. The monoisotopic (exact) mass is 320 g/mol. The Bertz CT molecular complexity index is 525. The first-order valence-electron chi connectivity index (χ1n) is 8.05. The number of nitrogens with zero attached hydrogens (tertiary/aromatic N) is 2. The molecule has 0 saturated carbocycles. The third kappa shape index (κ3) is 3.71. The van der Waals surface area contributed by atoms with Gasteiger partial charge in [-0.25, -0.2) is 0 Å². The summed E-state index contributed by atoms with van der Waals surface area (Å²) in [5, 5.41) is 0. The van der Waals surface area contributed by atoms with Crippen molar-refractivity contribution in [1.29, 1.82) is 0 Å². The molecule has 0 bridgehead atoms. The Morgan fingerprint density at radius 3 is 3.26 bits per heavy atom. The summed E-state index contributed by atoms with van der Waals surface area (Å²) in [7, 11) is 1.62. The minimum absolute atomic E-state index is 0.0645. The minimum atomic E-state index is -0.0645. The molecule has 2 saturated heterocycles. The summed E-state index contributed by atoms with van der Waals surface area (Å²) < 4.78 is 16.6. The molecule has 2 fully saturated rings. The number of hydrogen-bond donors (Lipinski definition) is 0. The number of ether oxygens (including phenoxy) is 3. The maximum absolute atomic E-state index is 12.2. The summed E-state index contributed by atoms with van der Waals surface area (Å²) >= 11 is 0. The molecule has 0 N–H and O–H groups in total. The number of rotatable bonds is 7. The van der Waals surface area contributed by atoms with Crippen LogP contribution in [0.1, 0.15) is 12.0 Å². The molecule has 0 aromatic carbocycles. The van der Waals surface area contributed by atoms with E-state index >= 15 is 0 Å². The molecular formula is C17H24N2O4. The molecule has 1 aromatic heterocycles. The van der Waals surface area contributed by atoms with E-state index < -0.39 is 0 Å². The van der Waals surface area contributed by atoms with E-state index in [0.717, 1.165) is 12.1 Å². The van der Waals surface area contributed by atoms with E-state index in [2.05, 4.69) is 4.98 Å². The van der Waals surface area contributed by atoms with E-state index in [4.69, 9.17) is 14.2 Å². The van der Waals surface area contributed by atoms with Gasteiger partial charge in [0.2, 0.25) is 5.91 Å². The van der Waals surface area contributed by atoms with Crippen LogP contribution in [0, 0.1) is 11.3 Å². The third-order valence-corrected chi connectivity index (χ3v) is 4.77. The molecule has 2 aliphatic rings. The largest absolute Gasteiger partial charge is 0.384 e. The highest BCUT2D eigenvalue weighted by Gasteiger charge is 2.51. The first-order valence-corrected chi connectivity index (χ1v) is 8.05. The molecule has 2 atom stereocenters. The van der Waals surface area contributed by atoms with Crippen LogP contribution in [0.25, 0.3) is 0 Å². The molecule has 0 aliphatic carbocycles. The average molecular weight is 320 g/mol. The van der Waals surface area contributed by atoms with E-state index in [0.29, 0.717) is 51.9 Å². The van der Waals surface area contributed by atoms with Gasteiger partial charge in [-0.3, -0.25) is 9.78 Å². The molecule has 126 valence electrons. The lowest BCUT2D eigenvalue weighted by Gasteiger charge is -2.27. The summed E-state index contributed by atoms with van der Waals surface area (Å²) in [4.78, 5) is 18.3. The van der Waals surface area contributed by atoms with Crippen molar-refractivity contribution in [3.05, 3.63) is 30.1 Å². The van der Waals surface area contributed by atoms with Crippen molar-refractivity contribution < 1.29 is 19.0 Å². The lowest BCUT2D eigenvalue weighted by molar-refractivity contribution is -0.132. The summed E-state index contributed by atoms with van der Waals surface area (Å²) in [6.07, 6.45) is 4.01. The smallest absolute Gasteiger partial charge is 0.224 e. The van der Waals surface area contributed by atoms with Gasteiger partial charge >= 0.3 is 0 Å². The Morgan fingerprint density at radius 2 is 2.48 bits per heavy atom. The highest BCUT2D eigenvalue weighted by atomic mass is 16.5. The minimum Gasteiger partial charge on any atom is -0.384 e. The first kappa shape index (κ1) is 16.4. The van der Waals surface area contributed by atoms with Gasteiger partial charge in [0, 0.05) is 43.9 Å². The first-order chi connectivity index (χ1) is 11.2. The predicted octanol–water partition coefficient (Wildman–Crippen LogP) is 1.11. The molecule has 0 radical (unpaired) electrons. The summed E-state index contributed by atoms with van der Waals surface area (Å²) in [6.45, 7) is 4.48. The number of fused-ring (bicyclic) bond motifs is 1. The van der Waals surface area contributed by atoms with Crippen LogP contribution in [0.5, 0.6) is 0 Å². The SMILES string of the molecule is COCCC(=O)N1C[C@H]2COC[C@@]2(COCc2cccnc2)C1. The van der Waals surface area contributed by atoms with Crippen molar-refractivity contribution in [2.24, 2.45) is 11.3 Å². The molecule has 3 heterocycles. The normalized spacial score (nSPS) is 26.5. The topological polar surface area (TPSA) is 60.9 Å². The highest BCUT2D eigenvalue weighted by Crippen LogP contribution is 2.41. The van der Waals surface area contributed by atoms with Crippen LogP contribution in [0.3, 0.4) is 0 Å². The van der Waals surface area contributed by atoms with Gasteiger partial charge in [-0.15, -0.1) is 0 Å². The van der Waals surface area contributed by atoms with Crippen molar-refractivity contribution in [3.63, 3.8) is 0 Å². The zero-order valence-corrected chi connectivity index (χ0v) is 13.6. The second-order valence-corrected chi connectivity index (χ2v) is 6.45. The number of methoxy groups -OCH3 is 1. The van der Waals surface area contributed by atoms with E-state index in [9.17, 15) is 4.79 Å². The van der Waals surface area contributed by atoms with Crippen molar-refractivity contribution in [2.75, 3.05) is 46.6 Å². The van der Waals surface area contributed by atoms with Crippen LogP contribution >= 0.6 is 0 Å². The van der Waals surface area contributed by atoms with Crippen LogP contribution in [0.15, 0.2) is 24.5 Å². The Labute approximate surface area is 136 Å². The molecule has 0 unspecified atom stereocenters. The number of carbonyl (C=O) groups excluding carboxylic acids is 1. The molecule has 0 spiro atoms. The van der Waals surface area contributed by atoms with E-state index in [1.54, 1.807) is 13.3 Å². The number of likely N-dealkylation sites (tertiary alicyclic amines) is 1. The summed E-state index contributed by atoms with van der Waals surface area (Å²) in [5.41, 5.74) is 0.996. The lowest BCUT2D eigenvalue weighted by Crippen LogP contribution is -2.37. The number of amides is 1.